The van der Waals surface area contributed by atoms with Crippen LogP contribution in [-0.4, -0.2) is 37.4 Å². The topological polar surface area (TPSA) is 77.0 Å². The lowest BCUT2D eigenvalue weighted by atomic mass is 9.85. The minimum atomic E-state index is 0.0318. The van der Waals surface area contributed by atoms with Gasteiger partial charge in [0.25, 0.3) is 5.56 Å². The summed E-state index contributed by atoms with van der Waals surface area (Å²) < 4.78 is 7.12. The number of rotatable bonds is 5. The van der Waals surface area contributed by atoms with E-state index < -0.39 is 0 Å². The fourth-order valence-electron chi connectivity index (χ4n) is 4.41. The highest BCUT2D eigenvalue weighted by atomic mass is 16.5. The van der Waals surface area contributed by atoms with E-state index in [1.54, 1.807) is 10.7 Å². The lowest BCUT2D eigenvalue weighted by Gasteiger charge is -2.23. The van der Waals surface area contributed by atoms with E-state index in [1.807, 2.05) is 0 Å². The summed E-state index contributed by atoms with van der Waals surface area (Å²) in [6.07, 6.45) is 8.92. The molecule has 138 valence electrons. The number of fused-ring (bicyclic) bond motifs is 1. The highest BCUT2D eigenvalue weighted by Crippen LogP contribution is 2.35. The molecule has 0 amide bonds. The fraction of sp³-hybridized carbons (Fsp3) is 0.684. The first-order chi connectivity index (χ1) is 12.8. The van der Waals surface area contributed by atoms with Crippen LogP contribution in [0.15, 0.2) is 15.4 Å². The van der Waals surface area contributed by atoms with Gasteiger partial charge in [-0.05, 0) is 57.1 Å². The summed E-state index contributed by atoms with van der Waals surface area (Å²) in [5.74, 6) is 2.05. The van der Waals surface area contributed by atoms with E-state index in [2.05, 4.69) is 20.1 Å². The van der Waals surface area contributed by atoms with Crippen LogP contribution >= 0.6 is 0 Å². The van der Waals surface area contributed by atoms with Gasteiger partial charge < -0.3 is 4.52 Å². The van der Waals surface area contributed by atoms with Crippen LogP contribution < -0.4 is 5.56 Å². The number of hydrogen-bond acceptors (Lipinski definition) is 6. The molecule has 7 nitrogen and oxygen atoms in total. The summed E-state index contributed by atoms with van der Waals surface area (Å²) in [6, 6.07) is 2.10. The molecule has 3 heterocycles. The van der Waals surface area contributed by atoms with E-state index in [4.69, 9.17) is 4.52 Å². The monoisotopic (exact) mass is 355 g/mol. The van der Waals surface area contributed by atoms with Crippen LogP contribution in [0.25, 0.3) is 0 Å². The second-order valence-electron chi connectivity index (χ2n) is 7.93. The van der Waals surface area contributed by atoms with Crippen molar-refractivity contribution in [1.29, 1.82) is 0 Å². The summed E-state index contributed by atoms with van der Waals surface area (Å²) in [4.78, 5) is 19.4. The van der Waals surface area contributed by atoms with Crippen molar-refractivity contribution in [2.45, 2.75) is 76.4 Å². The molecule has 2 aromatic rings. The molecule has 0 radical (unpaired) electrons. The lowest BCUT2D eigenvalue weighted by Crippen LogP contribution is -2.37. The predicted molar refractivity (Wildman–Crippen MR) is 94.8 cm³/mol. The van der Waals surface area contributed by atoms with Crippen molar-refractivity contribution >= 4 is 0 Å². The molecule has 7 heteroatoms. The SMILES string of the molecule is O=c1cc2c(nn1CC1CCCN1Cc1noc(C3CCC3)n1)CCC2. The van der Waals surface area contributed by atoms with Crippen LogP contribution in [0.5, 0.6) is 0 Å². The van der Waals surface area contributed by atoms with Crippen molar-refractivity contribution in [3.8, 4) is 0 Å². The Bertz CT molecular complexity index is 854. The quantitative estimate of drug-likeness (QED) is 0.817. The van der Waals surface area contributed by atoms with Gasteiger partial charge in [-0.1, -0.05) is 11.6 Å². The molecule has 2 aromatic heterocycles. The highest BCUT2D eigenvalue weighted by Gasteiger charge is 2.29. The number of aromatic nitrogens is 4. The Labute approximate surface area is 152 Å². The minimum Gasteiger partial charge on any atom is -0.339 e. The van der Waals surface area contributed by atoms with Crippen molar-refractivity contribution in [3.05, 3.63) is 39.4 Å². The van der Waals surface area contributed by atoms with Crippen molar-refractivity contribution < 1.29 is 4.52 Å². The number of nitrogens with zero attached hydrogens (tertiary/aromatic N) is 5. The molecule has 0 aromatic carbocycles. The zero-order valence-corrected chi connectivity index (χ0v) is 15.1. The van der Waals surface area contributed by atoms with Gasteiger partial charge in [0.1, 0.15) is 0 Å². The van der Waals surface area contributed by atoms with Crippen LogP contribution in [0, 0.1) is 0 Å². The van der Waals surface area contributed by atoms with Gasteiger partial charge >= 0.3 is 0 Å². The van der Waals surface area contributed by atoms with Crippen LogP contribution in [0.3, 0.4) is 0 Å². The van der Waals surface area contributed by atoms with Crippen molar-refractivity contribution in [1.82, 2.24) is 24.8 Å². The first-order valence-corrected chi connectivity index (χ1v) is 9.93. The molecule has 0 N–H and O–H groups in total. The van der Waals surface area contributed by atoms with E-state index in [1.165, 1.54) is 19.3 Å². The molecule has 2 aliphatic carbocycles. The molecule has 3 aliphatic rings. The maximum Gasteiger partial charge on any atom is 0.267 e. The van der Waals surface area contributed by atoms with Gasteiger partial charge in [-0.2, -0.15) is 10.1 Å². The Morgan fingerprint density at radius 3 is 2.92 bits per heavy atom. The number of likely N-dealkylation sites (tertiary alicyclic amines) is 1. The molecular formula is C19H25N5O2. The Morgan fingerprint density at radius 1 is 1.15 bits per heavy atom. The van der Waals surface area contributed by atoms with E-state index in [9.17, 15) is 4.79 Å². The van der Waals surface area contributed by atoms with Crippen LogP contribution in [0.2, 0.25) is 0 Å². The van der Waals surface area contributed by atoms with Crippen LogP contribution in [0.4, 0.5) is 0 Å². The molecule has 0 spiro atoms. The molecule has 1 atom stereocenters. The zero-order valence-electron chi connectivity index (χ0n) is 15.1. The average Bonchev–Trinajstić information content (AvgIpc) is 3.29. The number of hydrogen-bond donors (Lipinski definition) is 0. The molecule has 0 bridgehead atoms. The normalized spacial score (nSPS) is 23.3. The number of aryl methyl sites for hydroxylation is 2. The standard InChI is InChI=1S/C19H25N5O2/c25-18-10-14-6-2-8-16(14)21-24(18)11-15-7-3-9-23(15)12-17-20-19(26-22-17)13-4-1-5-13/h10,13,15H,1-9,11-12H2. The third kappa shape index (κ3) is 2.98. The highest BCUT2D eigenvalue weighted by molar-refractivity contribution is 5.22. The van der Waals surface area contributed by atoms with E-state index >= 15 is 0 Å². The Morgan fingerprint density at radius 2 is 2.08 bits per heavy atom. The average molecular weight is 355 g/mol. The maximum atomic E-state index is 12.4. The summed E-state index contributed by atoms with van der Waals surface area (Å²) >= 11 is 0. The van der Waals surface area contributed by atoms with Crippen LogP contribution in [0.1, 0.15) is 67.4 Å². The molecule has 5 rings (SSSR count). The summed E-state index contributed by atoms with van der Waals surface area (Å²) in [5, 5.41) is 8.81. The molecule has 1 saturated carbocycles. The third-order valence-corrected chi connectivity index (χ3v) is 6.19. The molecule has 1 saturated heterocycles. The zero-order chi connectivity index (χ0) is 17.5. The van der Waals surface area contributed by atoms with Crippen molar-refractivity contribution in [3.63, 3.8) is 0 Å². The predicted octanol–water partition coefficient (Wildman–Crippen LogP) is 2.05. The molecular weight excluding hydrogens is 330 g/mol. The van der Waals surface area contributed by atoms with Gasteiger partial charge in [0.2, 0.25) is 5.89 Å². The molecule has 1 unspecified atom stereocenters. The first kappa shape index (κ1) is 16.2. The molecule has 2 fully saturated rings. The Kier molecular flexibility index (Phi) is 4.11. The fourth-order valence-corrected chi connectivity index (χ4v) is 4.41. The van der Waals surface area contributed by atoms with Gasteiger partial charge in [0.15, 0.2) is 5.82 Å². The van der Waals surface area contributed by atoms with E-state index in [0.29, 0.717) is 25.0 Å². The summed E-state index contributed by atoms with van der Waals surface area (Å²) in [5.41, 5.74) is 2.28. The largest absolute Gasteiger partial charge is 0.339 e. The van der Waals surface area contributed by atoms with Gasteiger partial charge in [0.05, 0.1) is 18.8 Å². The smallest absolute Gasteiger partial charge is 0.267 e. The van der Waals surface area contributed by atoms with Gasteiger partial charge in [-0.3, -0.25) is 9.69 Å². The minimum absolute atomic E-state index is 0.0318. The second-order valence-corrected chi connectivity index (χ2v) is 7.93. The van der Waals surface area contributed by atoms with Gasteiger partial charge in [-0.25, -0.2) is 4.68 Å². The van der Waals surface area contributed by atoms with Gasteiger partial charge in [0, 0.05) is 18.0 Å². The lowest BCUT2D eigenvalue weighted by molar-refractivity contribution is 0.208. The van der Waals surface area contributed by atoms with E-state index in [-0.39, 0.29) is 5.56 Å². The third-order valence-electron chi connectivity index (χ3n) is 6.19. The summed E-state index contributed by atoms with van der Waals surface area (Å²) in [7, 11) is 0. The molecule has 1 aliphatic heterocycles. The van der Waals surface area contributed by atoms with E-state index in [0.717, 1.165) is 61.6 Å². The maximum absolute atomic E-state index is 12.4. The van der Waals surface area contributed by atoms with Crippen molar-refractivity contribution in [2.24, 2.45) is 0 Å². The van der Waals surface area contributed by atoms with Crippen LogP contribution in [-0.2, 0) is 25.9 Å². The first-order valence-electron chi connectivity index (χ1n) is 9.93. The second kappa shape index (κ2) is 6.61. The van der Waals surface area contributed by atoms with Crippen molar-refractivity contribution in [2.75, 3.05) is 6.54 Å². The Balaban J connectivity index is 1.28. The molecule has 26 heavy (non-hydrogen) atoms. The Hall–Kier alpha value is -2.02. The summed E-state index contributed by atoms with van der Waals surface area (Å²) in [6.45, 7) is 2.36. The van der Waals surface area contributed by atoms with Gasteiger partial charge in [-0.15, -0.1) is 0 Å².